The first-order valence-electron chi connectivity index (χ1n) is 6.81. The van der Waals surface area contributed by atoms with Gasteiger partial charge >= 0.3 is 7.82 Å². The van der Waals surface area contributed by atoms with E-state index in [9.17, 15) is 9.67 Å². The number of aliphatic hydroxyl groups excluding tert-OH is 1. The van der Waals surface area contributed by atoms with Gasteiger partial charge in [0.05, 0.1) is 30.1 Å². The number of nitrogens with zero attached hydrogens (tertiary/aromatic N) is 2. The van der Waals surface area contributed by atoms with Gasteiger partial charge in [-0.1, -0.05) is 12.1 Å². The number of rotatable bonds is 4. The number of ether oxygens (including phenoxy) is 1. The lowest BCUT2D eigenvalue weighted by Gasteiger charge is -2.16. The lowest BCUT2D eigenvalue weighted by Crippen LogP contribution is -2.25. The highest BCUT2D eigenvalue weighted by molar-refractivity contribution is 7.46. The van der Waals surface area contributed by atoms with Crippen LogP contribution in [0.15, 0.2) is 24.5 Å². The van der Waals surface area contributed by atoms with Gasteiger partial charge in [0.25, 0.3) is 0 Å². The van der Waals surface area contributed by atoms with Crippen molar-refractivity contribution in [3.63, 3.8) is 0 Å². The molecule has 0 bridgehead atoms. The van der Waals surface area contributed by atoms with Crippen molar-refractivity contribution < 1.29 is 28.7 Å². The zero-order valence-corrected chi connectivity index (χ0v) is 12.8. The Balaban J connectivity index is 1.78. The Morgan fingerprint density at radius 3 is 3.00 bits per heavy atom. The number of hydrogen-bond donors (Lipinski definition) is 3. The Morgan fingerprint density at radius 2 is 2.27 bits per heavy atom. The van der Waals surface area contributed by atoms with Gasteiger partial charge in [-0.05, 0) is 18.6 Å². The fourth-order valence-electron chi connectivity index (χ4n) is 2.64. The van der Waals surface area contributed by atoms with Gasteiger partial charge in [0, 0.05) is 6.42 Å². The summed E-state index contributed by atoms with van der Waals surface area (Å²) < 4.78 is 22.6. The fourth-order valence-corrected chi connectivity index (χ4v) is 2.98. The number of aromatic nitrogens is 2. The summed E-state index contributed by atoms with van der Waals surface area (Å²) in [4.78, 5) is 21.8. The smallest absolute Gasteiger partial charge is 0.390 e. The predicted octanol–water partition coefficient (Wildman–Crippen LogP) is 1.10. The van der Waals surface area contributed by atoms with Crippen molar-refractivity contribution in [2.45, 2.75) is 31.8 Å². The monoisotopic (exact) mass is 328 g/mol. The number of hydrogen-bond acceptors (Lipinski definition) is 5. The third-order valence-corrected chi connectivity index (χ3v) is 4.21. The van der Waals surface area contributed by atoms with E-state index in [1.165, 1.54) is 0 Å². The van der Waals surface area contributed by atoms with Crippen molar-refractivity contribution in [2.24, 2.45) is 0 Å². The molecule has 3 rings (SSSR count). The van der Waals surface area contributed by atoms with E-state index < -0.39 is 26.3 Å². The van der Waals surface area contributed by atoms with Gasteiger partial charge in [-0.2, -0.15) is 0 Å². The number of phosphoric acid groups is 1. The number of aliphatic hydroxyl groups is 1. The minimum atomic E-state index is -4.58. The second-order valence-electron chi connectivity index (χ2n) is 5.31. The summed E-state index contributed by atoms with van der Waals surface area (Å²) in [6.07, 6.45) is -0.165. The van der Waals surface area contributed by atoms with Crippen molar-refractivity contribution in [1.29, 1.82) is 0 Å². The van der Waals surface area contributed by atoms with Crippen LogP contribution in [0.5, 0.6) is 0 Å². The molecule has 0 aliphatic carbocycles. The van der Waals surface area contributed by atoms with Crippen LogP contribution in [-0.2, 0) is 13.8 Å². The lowest BCUT2D eigenvalue weighted by molar-refractivity contribution is -0.0422. The molecule has 2 aromatic rings. The minimum Gasteiger partial charge on any atom is -0.390 e. The Bertz CT molecular complexity index is 726. The zero-order chi connectivity index (χ0) is 15.9. The van der Waals surface area contributed by atoms with Crippen molar-refractivity contribution in [2.75, 3.05) is 6.61 Å². The molecular weight excluding hydrogens is 311 g/mol. The molecule has 0 radical (unpaired) electrons. The fraction of sp³-hybridized carbons (Fsp3) is 0.462. The van der Waals surface area contributed by atoms with Gasteiger partial charge in [-0.25, -0.2) is 9.55 Å². The molecular formula is C13H17N2O6P. The molecule has 3 unspecified atom stereocenters. The molecule has 9 heteroatoms. The second-order valence-corrected chi connectivity index (χ2v) is 6.55. The average Bonchev–Trinajstić information content (AvgIpc) is 3.00. The molecule has 3 N–H and O–H groups in total. The highest BCUT2D eigenvalue weighted by Gasteiger charge is 2.37. The Kier molecular flexibility index (Phi) is 4.07. The minimum absolute atomic E-state index is 0.300. The standard InChI is InChI=1S/C13H17N2O6P/c1-8-3-2-4-9-13(8)14-7-15(9)12-5-10(16)11(21-12)6-20-22(17,18)19/h2-4,7,10-12,16H,5-6H2,1H3,(H2,17,18,19). The third kappa shape index (κ3) is 3.08. The van der Waals surface area contributed by atoms with Crippen molar-refractivity contribution in [1.82, 2.24) is 9.55 Å². The molecule has 8 nitrogen and oxygen atoms in total. The van der Waals surface area contributed by atoms with Crippen molar-refractivity contribution in [3.8, 4) is 0 Å². The topological polar surface area (TPSA) is 114 Å². The average molecular weight is 328 g/mol. The van der Waals surface area contributed by atoms with Crippen molar-refractivity contribution in [3.05, 3.63) is 30.1 Å². The second kappa shape index (κ2) is 5.73. The molecule has 1 aromatic carbocycles. The number of imidazole rings is 1. The van der Waals surface area contributed by atoms with E-state index in [0.717, 1.165) is 16.6 Å². The first-order chi connectivity index (χ1) is 10.3. The highest BCUT2D eigenvalue weighted by Crippen LogP contribution is 2.38. The molecule has 0 saturated carbocycles. The maximum atomic E-state index is 10.7. The summed E-state index contributed by atoms with van der Waals surface area (Å²) in [6, 6.07) is 5.78. The SMILES string of the molecule is Cc1cccc2c1ncn2C1CC(O)C(COP(=O)(O)O)O1. The van der Waals surface area contributed by atoms with Crippen molar-refractivity contribution >= 4 is 18.9 Å². The largest absolute Gasteiger partial charge is 0.469 e. The number of fused-ring (bicyclic) bond motifs is 1. The maximum absolute atomic E-state index is 10.7. The predicted molar refractivity (Wildman–Crippen MR) is 77.0 cm³/mol. The van der Waals surface area contributed by atoms with E-state index in [2.05, 4.69) is 9.51 Å². The molecule has 0 amide bonds. The summed E-state index contributed by atoms with van der Waals surface area (Å²) in [5.74, 6) is 0. The number of para-hydroxylation sites is 1. The van der Waals surface area contributed by atoms with E-state index in [1.807, 2.05) is 29.7 Å². The van der Waals surface area contributed by atoms with Crippen LogP contribution in [0.3, 0.4) is 0 Å². The molecule has 0 spiro atoms. The van der Waals surface area contributed by atoms with E-state index in [4.69, 9.17) is 14.5 Å². The quantitative estimate of drug-likeness (QED) is 0.720. The van der Waals surface area contributed by atoms with E-state index in [0.29, 0.717) is 6.42 Å². The first kappa shape index (κ1) is 15.6. The van der Waals surface area contributed by atoms with E-state index in [1.54, 1.807) is 6.33 Å². The summed E-state index contributed by atoms with van der Waals surface area (Å²) in [5, 5.41) is 9.99. The zero-order valence-electron chi connectivity index (χ0n) is 11.9. The van der Waals surface area contributed by atoms with Crippen LogP contribution >= 0.6 is 7.82 Å². The normalized spacial score (nSPS) is 25.9. The van der Waals surface area contributed by atoms with Crippen LogP contribution in [0.2, 0.25) is 0 Å². The maximum Gasteiger partial charge on any atom is 0.469 e. The number of phosphoric ester groups is 1. The van der Waals surface area contributed by atoms with Crippen LogP contribution in [0.1, 0.15) is 18.2 Å². The molecule has 3 atom stereocenters. The van der Waals surface area contributed by atoms with Gasteiger partial charge < -0.3 is 24.2 Å². The Labute approximate surface area is 126 Å². The van der Waals surface area contributed by atoms with Gasteiger partial charge in [0.2, 0.25) is 0 Å². The Hall–Kier alpha value is -1.28. The summed E-state index contributed by atoms with van der Waals surface area (Å²) in [5.41, 5.74) is 2.78. The lowest BCUT2D eigenvalue weighted by atomic mass is 10.2. The third-order valence-electron chi connectivity index (χ3n) is 3.73. The summed E-state index contributed by atoms with van der Waals surface area (Å²) in [7, 11) is -4.58. The molecule has 1 aliphatic rings. The van der Waals surface area contributed by atoms with E-state index in [-0.39, 0.29) is 6.61 Å². The van der Waals surface area contributed by atoms with Crippen LogP contribution in [0.4, 0.5) is 0 Å². The molecule has 1 aliphatic heterocycles. The highest BCUT2D eigenvalue weighted by atomic mass is 31.2. The van der Waals surface area contributed by atoms with Gasteiger partial charge in [-0.3, -0.25) is 4.52 Å². The van der Waals surface area contributed by atoms with E-state index >= 15 is 0 Å². The van der Waals surface area contributed by atoms with Gasteiger partial charge in [-0.15, -0.1) is 0 Å². The molecule has 1 fully saturated rings. The van der Waals surface area contributed by atoms with Crippen LogP contribution in [0.25, 0.3) is 11.0 Å². The summed E-state index contributed by atoms with van der Waals surface area (Å²) >= 11 is 0. The van der Waals surface area contributed by atoms with Crippen LogP contribution in [-0.4, -0.2) is 43.3 Å². The van der Waals surface area contributed by atoms with Crippen LogP contribution in [0, 0.1) is 6.92 Å². The number of aryl methyl sites for hydroxylation is 1. The van der Waals surface area contributed by atoms with Crippen LogP contribution < -0.4 is 0 Å². The van der Waals surface area contributed by atoms with Gasteiger partial charge in [0.15, 0.2) is 0 Å². The molecule has 1 saturated heterocycles. The van der Waals surface area contributed by atoms with Gasteiger partial charge in [0.1, 0.15) is 12.3 Å². The molecule has 22 heavy (non-hydrogen) atoms. The Morgan fingerprint density at radius 1 is 1.50 bits per heavy atom. The number of benzene rings is 1. The first-order valence-corrected chi connectivity index (χ1v) is 8.34. The molecule has 120 valence electrons. The summed E-state index contributed by atoms with van der Waals surface area (Å²) in [6.45, 7) is 1.59. The molecule has 2 heterocycles. The molecule has 1 aromatic heterocycles.